The van der Waals surface area contributed by atoms with Crippen molar-refractivity contribution in [3.05, 3.63) is 46.8 Å². The fourth-order valence-corrected chi connectivity index (χ4v) is 5.64. The lowest BCUT2D eigenvalue weighted by atomic mass is 10.3. The minimum atomic E-state index is -3.87. The molecular formula is C15H19N5O6S2. The van der Waals surface area contributed by atoms with Crippen molar-refractivity contribution in [1.29, 1.82) is 0 Å². The van der Waals surface area contributed by atoms with E-state index in [1.165, 1.54) is 37.8 Å². The van der Waals surface area contributed by atoms with Crippen LogP contribution in [0.3, 0.4) is 0 Å². The number of non-ortho nitro benzene ring substituents is 1. The molecule has 28 heavy (non-hydrogen) atoms. The molecule has 0 atom stereocenters. The summed E-state index contributed by atoms with van der Waals surface area (Å²) in [6.45, 7) is 2.36. The van der Waals surface area contributed by atoms with Gasteiger partial charge in [0.1, 0.15) is 4.90 Å². The van der Waals surface area contributed by atoms with Crippen LogP contribution in [0.4, 0.5) is 5.69 Å². The third kappa shape index (κ3) is 3.78. The molecule has 0 saturated carbocycles. The molecule has 2 heterocycles. The summed E-state index contributed by atoms with van der Waals surface area (Å²) in [5.74, 6) is 0. The van der Waals surface area contributed by atoms with Gasteiger partial charge in [-0.3, -0.25) is 14.8 Å². The number of aryl methyl sites for hydroxylation is 1. The second-order valence-corrected chi connectivity index (χ2v) is 9.97. The standard InChI is InChI=1S/C15H19N5O6S2/c1-2-17-12-15(11-16-17)28(25,26)19-9-7-18(8-10-19)27(23,24)14-5-3-13(4-6-14)20(21)22/h3-6,11-12H,2,7-10H2,1H3. The molecule has 0 aliphatic carbocycles. The van der Waals surface area contributed by atoms with Crippen molar-refractivity contribution in [1.82, 2.24) is 18.4 Å². The zero-order chi connectivity index (χ0) is 20.5. The van der Waals surface area contributed by atoms with Gasteiger partial charge in [0.05, 0.1) is 16.0 Å². The van der Waals surface area contributed by atoms with E-state index in [4.69, 9.17) is 0 Å². The molecule has 0 bridgehead atoms. The molecule has 13 heteroatoms. The van der Waals surface area contributed by atoms with Gasteiger partial charge in [-0.15, -0.1) is 0 Å². The maximum atomic E-state index is 12.7. The predicted octanol–water partition coefficient (Wildman–Crippen LogP) is 0.506. The van der Waals surface area contributed by atoms with Gasteiger partial charge in [0.25, 0.3) is 5.69 Å². The summed E-state index contributed by atoms with van der Waals surface area (Å²) in [5, 5.41) is 14.7. The van der Waals surface area contributed by atoms with E-state index in [2.05, 4.69) is 5.10 Å². The summed E-state index contributed by atoms with van der Waals surface area (Å²) in [7, 11) is -7.61. The fourth-order valence-electron chi connectivity index (χ4n) is 2.84. The zero-order valence-corrected chi connectivity index (χ0v) is 16.6. The molecule has 0 N–H and O–H groups in total. The third-order valence-electron chi connectivity index (χ3n) is 4.45. The molecule has 0 amide bonds. The minimum absolute atomic E-state index is 0.00580. The number of nitro benzene ring substituents is 1. The summed E-state index contributed by atoms with van der Waals surface area (Å²) >= 11 is 0. The Morgan fingerprint density at radius 2 is 1.46 bits per heavy atom. The van der Waals surface area contributed by atoms with Crippen LogP contribution in [0.25, 0.3) is 0 Å². The van der Waals surface area contributed by atoms with Crippen molar-refractivity contribution in [2.75, 3.05) is 26.2 Å². The molecule has 2 aromatic rings. The van der Waals surface area contributed by atoms with Crippen molar-refractivity contribution in [2.24, 2.45) is 0 Å². The first-order valence-corrected chi connectivity index (χ1v) is 11.3. The average molecular weight is 429 g/mol. The van der Waals surface area contributed by atoms with E-state index in [0.29, 0.717) is 6.54 Å². The molecule has 1 aliphatic rings. The third-order valence-corrected chi connectivity index (χ3v) is 8.22. The van der Waals surface area contributed by atoms with Crippen LogP contribution >= 0.6 is 0 Å². The molecule has 152 valence electrons. The van der Waals surface area contributed by atoms with Gasteiger partial charge in [-0.05, 0) is 19.1 Å². The molecule has 1 aromatic carbocycles. The van der Waals surface area contributed by atoms with Crippen molar-refractivity contribution in [3.63, 3.8) is 0 Å². The molecule has 3 rings (SSSR count). The first kappa shape index (κ1) is 20.4. The first-order chi connectivity index (χ1) is 13.2. The Labute approximate surface area is 162 Å². The molecule has 1 aliphatic heterocycles. The average Bonchev–Trinajstić information content (AvgIpc) is 3.18. The van der Waals surface area contributed by atoms with Gasteiger partial charge in [0, 0.05) is 51.1 Å². The van der Waals surface area contributed by atoms with Gasteiger partial charge < -0.3 is 0 Å². The van der Waals surface area contributed by atoms with Crippen LogP contribution in [0.2, 0.25) is 0 Å². The van der Waals surface area contributed by atoms with Crippen molar-refractivity contribution in [2.45, 2.75) is 23.3 Å². The van der Waals surface area contributed by atoms with Crippen LogP contribution in [-0.4, -0.2) is 66.3 Å². The van der Waals surface area contributed by atoms with E-state index in [1.54, 1.807) is 0 Å². The van der Waals surface area contributed by atoms with E-state index in [-0.39, 0.29) is 41.7 Å². The van der Waals surface area contributed by atoms with Crippen LogP contribution in [0, 0.1) is 10.1 Å². The summed E-state index contributed by atoms with van der Waals surface area (Å²) < 4.78 is 54.7. The number of piperazine rings is 1. The van der Waals surface area contributed by atoms with Crippen LogP contribution in [0.5, 0.6) is 0 Å². The molecule has 1 fully saturated rings. The number of rotatable bonds is 6. The highest BCUT2D eigenvalue weighted by Gasteiger charge is 2.34. The molecule has 0 unspecified atom stereocenters. The van der Waals surface area contributed by atoms with Gasteiger partial charge in [-0.25, -0.2) is 16.8 Å². The molecule has 1 aromatic heterocycles. The number of hydrogen-bond donors (Lipinski definition) is 0. The largest absolute Gasteiger partial charge is 0.272 e. The second kappa shape index (κ2) is 7.58. The summed E-state index contributed by atoms with van der Waals surface area (Å²) in [6.07, 6.45) is 2.72. The molecule has 0 radical (unpaired) electrons. The highest BCUT2D eigenvalue weighted by atomic mass is 32.2. The molecule has 1 saturated heterocycles. The molecule has 0 spiro atoms. The number of sulfonamides is 2. The normalized spacial score (nSPS) is 16.9. The Hall–Kier alpha value is -2.35. The van der Waals surface area contributed by atoms with Gasteiger partial charge in [-0.2, -0.15) is 13.7 Å². The first-order valence-electron chi connectivity index (χ1n) is 8.43. The summed E-state index contributed by atoms with van der Waals surface area (Å²) in [5.41, 5.74) is -0.206. The second-order valence-electron chi connectivity index (χ2n) is 6.09. The quantitative estimate of drug-likeness (QED) is 0.482. The van der Waals surface area contributed by atoms with Gasteiger partial charge in [0.2, 0.25) is 20.0 Å². The number of benzene rings is 1. The Morgan fingerprint density at radius 3 is 1.89 bits per heavy atom. The van der Waals surface area contributed by atoms with Crippen molar-refractivity contribution >= 4 is 25.7 Å². The maximum Gasteiger partial charge on any atom is 0.269 e. The van der Waals surface area contributed by atoms with Crippen molar-refractivity contribution < 1.29 is 21.8 Å². The molecular weight excluding hydrogens is 410 g/mol. The zero-order valence-electron chi connectivity index (χ0n) is 15.0. The lowest BCUT2D eigenvalue weighted by Gasteiger charge is -2.32. The predicted molar refractivity (Wildman–Crippen MR) is 98.5 cm³/mol. The van der Waals surface area contributed by atoms with Crippen LogP contribution in [0.1, 0.15) is 6.92 Å². The number of nitro groups is 1. The summed E-state index contributed by atoms with van der Waals surface area (Å²) in [6, 6.07) is 4.60. The Morgan fingerprint density at radius 1 is 0.964 bits per heavy atom. The molecule has 11 nitrogen and oxygen atoms in total. The topological polar surface area (TPSA) is 136 Å². The number of aromatic nitrogens is 2. The summed E-state index contributed by atoms with van der Waals surface area (Å²) in [4.78, 5) is 10.1. The van der Waals surface area contributed by atoms with E-state index >= 15 is 0 Å². The Bertz CT molecular complexity index is 1070. The lowest BCUT2D eigenvalue weighted by Crippen LogP contribution is -2.50. The Balaban J connectivity index is 1.72. The van der Waals surface area contributed by atoms with Crippen LogP contribution < -0.4 is 0 Å². The highest BCUT2D eigenvalue weighted by molar-refractivity contribution is 7.89. The van der Waals surface area contributed by atoms with Gasteiger partial charge in [0.15, 0.2) is 0 Å². The van der Waals surface area contributed by atoms with E-state index < -0.39 is 25.0 Å². The SMILES string of the molecule is CCn1cc(S(=O)(=O)N2CCN(S(=O)(=O)c3ccc([N+](=O)[O-])cc3)CC2)cn1. The number of nitrogens with zero attached hydrogens (tertiary/aromatic N) is 5. The smallest absolute Gasteiger partial charge is 0.269 e. The number of hydrogen-bond acceptors (Lipinski definition) is 7. The monoisotopic (exact) mass is 429 g/mol. The van der Waals surface area contributed by atoms with Crippen LogP contribution in [-0.2, 0) is 26.6 Å². The highest BCUT2D eigenvalue weighted by Crippen LogP contribution is 2.23. The van der Waals surface area contributed by atoms with Gasteiger partial charge in [-0.1, -0.05) is 0 Å². The Kier molecular flexibility index (Phi) is 5.52. The lowest BCUT2D eigenvalue weighted by molar-refractivity contribution is -0.384. The van der Waals surface area contributed by atoms with E-state index in [0.717, 1.165) is 12.1 Å². The van der Waals surface area contributed by atoms with E-state index in [9.17, 15) is 26.9 Å². The maximum absolute atomic E-state index is 12.7. The fraction of sp³-hybridized carbons (Fsp3) is 0.400. The van der Waals surface area contributed by atoms with Gasteiger partial charge >= 0.3 is 0 Å². The minimum Gasteiger partial charge on any atom is -0.272 e. The van der Waals surface area contributed by atoms with Crippen molar-refractivity contribution in [3.8, 4) is 0 Å². The van der Waals surface area contributed by atoms with Crippen LogP contribution in [0.15, 0.2) is 46.5 Å². The van der Waals surface area contributed by atoms with E-state index in [1.807, 2.05) is 6.92 Å².